The molecule has 0 aromatic heterocycles. The summed E-state index contributed by atoms with van der Waals surface area (Å²) in [6.07, 6.45) is 0.386. The van der Waals surface area contributed by atoms with Gasteiger partial charge < -0.3 is 9.80 Å². The number of rotatable bonds is 2. The van der Waals surface area contributed by atoms with Gasteiger partial charge in [-0.15, -0.1) is 3.89 Å². The summed E-state index contributed by atoms with van der Waals surface area (Å²) in [6.45, 7) is 1.86. The Morgan fingerprint density at radius 1 is 1.36 bits per heavy atom. The number of benzene rings is 1. The number of carbonyl (C=O) groups is 2. The van der Waals surface area contributed by atoms with E-state index in [2.05, 4.69) is 0 Å². The van der Waals surface area contributed by atoms with Crippen molar-refractivity contribution in [3.63, 3.8) is 0 Å². The smallest absolute Gasteiger partial charge is 0.307 e. The first kappa shape index (κ1) is 15.0. The third-order valence-electron chi connectivity index (χ3n) is 4.14. The summed E-state index contributed by atoms with van der Waals surface area (Å²) in [5.41, 5.74) is 2.22. The molecule has 0 aliphatic carbocycles. The summed E-state index contributed by atoms with van der Waals surface area (Å²) in [6, 6.07) is 5.21. The Balaban J connectivity index is 1.93. The van der Waals surface area contributed by atoms with E-state index >= 15 is 0 Å². The van der Waals surface area contributed by atoms with Gasteiger partial charge in [0, 0.05) is 37.8 Å². The molecule has 3 rings (SSSR count). The first-order chi connectivity index (χ1) is 10.3. The number of anilines is 2. The maximum Gasteiger partial charge on any atom is 0.307 e. The fourth-order valence-electron chi connectivity index (χ4n) is 2.98. The lowest BCUT2D eigenvalue weighted by atomic mass is 10.1. The Kier molecular flexibility index (Phi) is 3.43. The van der Waals surface area contributed by atoms with Crippen LogP contribution in [0.2, 0.25) is 0 Å². The molecule has 1 fully saturated rings. The summed E-state index contributed by atoms with van der Waals surface area (Å²) in [4.78, 5) is 26.4. The lowest BCUT2D eigenvalue weighted by Crippen LogP contribution is -2.28. The molecule has 2 aliphatic heterocycles. The molecular formula is C14H15FN2O4S. The van der Waals surface area contributed by atoms with E-state index in [1.165, 1.54) is 11.8 Å². The number of nitrogens with zero attached hydrogens (tertiary/aromatic N) is 2. The third-order valence-corrected chi connectivity index (χ3v) is 5.26. The van der Waals surface area contributed by atoms with Crippen LogP contribution in [0.3, 0.4) is 0 Å². The molecule has 1 atom stereocenters. The Labute approximate surface area is 127 Å². The molecule has 2 heterocycles. The lowest BCUT2D eigenvalue weighted by Gasteiger charge is -2.20. The normalized spacial score (nSPS) is 21.4. The second-order valence-corrected chi connectivity index (χ2v) is 7.16. The molecule has 0 N–H and O–H groups in total. The number of carbonyl (C=O) groups excluding carboxylic acids is 2. The summed E-state index contributed by atoms with van der Waals surface area (Å²) < 4.78 is 35.1. The number of hydrogen-bond acceptors (Lipinski definition) is 4. The molecule has 0 spiro atoms. The van der Waals surface area contributed by atoms with Crippen LogP contribution >= 0.6 is 0 Å². The van der Waals surface area contributed by atoms with E-state index in [4.69, 9.17) is 0 Å². The largest absolute Gasteiger partial charge is 0.312 e. The minimum Gasteiger partial charge on any atom is -0.312 e. The Bertz CT molecular complexity index is 762. The van der Waals surface area contributed by atoms with Crippen molar-refractivity contribution in [1.82, 2.24) is 0 Å². The fourth-order valence-corrected chi connectivity index (χ4v) is 3.64. The first-order valence-corrected chi connectivity index (χ1v) is 8.37. The number of amides is 2. The summed E-state index contributed by atoms with van der Waals surface area (Å²) in [5.74, 6) is -0.522. The van der Waals surface area contributed by atoms with Crippen molar-refractivity contribution in [3.8, 4) is 0 Å². The molecule has 118 valence electrons. The second-order valence-electron chi connectivity index (χ2n) is 5.54. The van der Waals surface area contributed by atoms with Crippen LogP contribution in [-0.4, -0.2) is 38.6 Å². The summed E-state index contributed by atoms with van der Waals surface area (Å²) in [7, 11) is -4.74. The van der Waals surface area contributed by atoms with Gasteiger partial charge in [0.1, 0.15) is 5.25 Å². The zero-order valence-corrected chi connectivity index (χ0v) is 12.8. The van der Waals surface area contributed by atoms with Gasteiger partial charge in [-0.1, -0.05) is 6.07 Å². The average Bonchev–Trinajstić information content (AvgIpc) is 3.00. The molecule has 6 nitrogen and oxygen atoms in total. The van der Waals surface area contributed by atoms with Crippen LogP contribution in [0.25, 0.3) is 0 Å². The van der Waals surface area contributed by atoms with E-state index in [1.54, 1.807) is 17.0 Å². The molecule has 0 radical (unpaired) electrons. The Hall–Kier alpha value is -1.96. The van der Waals surface area contributed by atoms with Crippen molar-refractivity contribution in [1.29, 1.82) is 0 Å². The van der Waals surface area contributed by atoms with Gasteiger partial charge in [0.25, 0.3) is 0 Å². The lowest BCUT2D eigenvalue weighted by molar-refractivity contribution is -0.117. The highest BCUT2D eigenvalue weighted by Gasteiger charge is 2.39. The van der Waals surface area contributed by atoms with Crippen molar-refractivity contribution in [2.24, 2.45) is 0 Å². The molecule has 1 saturated heterocycles. The van der Waals surface area contributed by atoms with Crippen LogP contribution in [0.15, 0.2) is 18.2 Å². The summed E-state index contributed by atoms with van der Waals surface area (Å²) >= 11 is 0. The van der Waals surface area contributed by atoms with Crippen LogP contribution in [-0.2, 0) is 26.2 Å². The van der Waals surface area contributed by atoms with E-state index in [-0.39, 0.29) is 18.9 Å². The van der Waals surface area contributed by atoms with Crippen molar-refractivity contribution in [2.45, 2.75) is 25.0 Å². The Morgan fingerprint density at radius 2 is 2.09 bits per heavy atom. The van der Waals surface area contributed by atoms with Gasteiger partial charge in [-0.05, 0) is 24.1 Å². The Morgan fingerprint density at radius 3 is 2.68 bits per heavy atom. The van der Waals surface area contributed by atoms with Crippen molar-refractivity contribution in [2.75, 3.05) is 22.9 Å². The number of halogens is 1. The standard InChI is InChI=1S/C14H15FN2O4S/c1-9(18)16-5-4-10-2-3-11(6-13(10)16)17-8-12(7-14(17)19)22(15,20)21/h2-3,6,12H,4-5,7-8H2,1H3. The quantitative estimate of drug-likeness (QED) is 0.760. The second kappa shape index (κ2) is 5.05. The summed E-state index contributed by atoms with van der Waals surface area (Å²) in [5, 5.41) is -1.32. The van der Waals surface area contributed by atoms with Gasteiger partial charge in [-0.25, -0.2) is 0 Å². The van der Waals surface area contributed by atoms with Gasteiger partial charge >= 0.3 is 10.2 Å². The van der Waals surface area contributed by atoms with Crippen LogP contribution in [0.5, 0.6) is 0 Å². The highest BCUT2D eigenvalue weighted by Crippen LogP contribution is 2.34. The minimum atomic E-state index is -4.74. The SMILES string of the molecule is CC(=O)N1CCc2ccc(N3CC(S(=O)(=O)F)CC3=O)cc21. The molecule has 1 aromatic rings. The molecule has 1 aromatic carbocycles. The molecular weight excluding hydrogens is 311 g/mol. The fraction of sp³-hybridized carbons (Fsp3) is 0.429. The van der Waals surface area contributed by atoms with E-state index < -0.39 is 21.4 Å². The molecule has 2 aliphatic rings. The molecule has 2 amide bonds. The maximum absolute atomic E-state index is 13.1. The van der Waals surface area contributed by atoms with Gasteiger partial charge in [-0.2, -0.15) is 8.42 Å². The molecule has 0 saturated carbocycles. The predicted molar refractivity (Wildman–Crippen MR) is 79.0 cm³/mol. The number of hydrogen-bond donors (Lipinski definition) is 0. The van der Waals surface area contributed by atoms with Crippen LogP contribution in [0.4, 0.5) is 15.3 Å². The van der Waals surface area contributed by atoms with Gasteiger partial charge in [0.2, 0.25) is 11.8 Å². The van der Waals surface area contributed by atoms with Crippen molar-refractivity contribution < 1.29 is 21.9 Å². The van der Waals surface area contributed by atoms with Crippen LogP contribution < -0.4 is 9.80 Å². The van der Waals surface area contributed by atoms with Gasteiger partial charge in [0.15, 0.2) is 0 Å². The first-order valence-electron chi connectivity index (χ1n) is 6.92. The minimum absolute atomic E-state index is 0.0899. The molecule has 8 heteroatoms. The van der Waals surface area contributed by atoms with E-state index in [9.17, 15) is 21.9 Å². The highest BCUT2D eigenvalue weighted by molar-refractivity contribution is 7.87. The highest BCUT2D eigenvalue weighted by atomic mass is 32.3. The maximum atomic E-state index is 13.1. The van der Waals surface area contributed by atoms with Crippen LogP contribution in [0, 0.1) is 0 Å². The molecule has 1 unspecified atom stereocenters. The third kappa shape index (κ3) is 2.47. The van der Waals surface area contributed by atoms with Gasteiger partial charge in [0.05, 0.1) is 0 Å². The van der Waals surface area contributed by atoms with E-state index in [0.29, 0.717) is 12.2 Å². The zero-order valence-electron chi connectivity index (χ0n) is 12.0. The molecule has 22 heavy (non-hydrogen) atoms. The zero-order chi connectivity index (χ0) is 16.1. The van der Waals surface area contributed by atoms with E-state index in [1.807, 2.05) is 6.07 Å². The van der Waals surface area contributed by atoms with Crippen molar-refractivity contribution in [3.05, 3.63) is 23.8 Å². The molecule has 0 bridgehead atoms. The number of fused-ring (bicyclic) bond motifs is 1. The predicted octanol–water partition coefficient (Wildman–Crippen LogP) is 1.00. The van der Waals surface area contributed by atoms with Crippen LogP contribution in [0.1, 0.15) is 18.9 Å². The monoisotopic (exact) mass is 326 g/mol. The van der Waals surface area contributed by atoms with Crippen molar-refractivity contribution >= 4 is 33.4 Å². The van der Waals surface area contributed by atoms with E-state index in [0.717, 1.165) is 17.7 Å². The topological polar surface area (TPSA) is 74.8 Å². The van der Waals surface area contributed by atoms with Gasteiger partial charge in [-0.3, -0.25) is 9.59 Å². The average molecular weight is 326 g/mol.